The van der Waals surface area contributed by atoms with E-state index in [1.807, 2.05) is 0 Å². The zero-order valence-corrected chi connectivity index (χ0v) is 14.4. The van der Waals surface area contributed by atoms with Crippen molar-refractivity contribution in [3.8, 4) is 0 Å². The van der Waals surface area contributed by atoms with Crippen molar-refractivity contribution in [2.45, 2.75) is 56.6 Å². The maximum Gasteiger partial charge on any atom is 0.238 e. The molecule has 1 N–H and O–H groups in total. The lowest BCUT2D eigenvalue weighted by Gasteiger charge is -2.30. The smallest absolute Gasteiger partial charge is 0.238 e. The van der Waals surface area contributed by atoms with E-state index in [1.54, 1.807) is 6.07 Å². The average molecular weight is 341 g/mol. The molecule has 0 radical (unpaired) electrons. The predicted molar refractivity (Wildman–Crippen MR) is 88.0 cm³/mol. The van der Waals surface area contributed by atoms with E-state index in [9.17, 15) is 17.6 Å². The fourth-order valence-corrected chi connectivity index (χ4v) is 4.27. The van der Waals surface area contributed by atoms with Gasteiger partial charge in [0.25, 0.3) is 0 Å². The molecule has 128 valence electrons. The van der Waals surface area contributed by atoms with E-state index in [0.29, 0.717) is 11.5 Å². The predicted octanol–water partition coefficient (Wildman–Crippen LogP) is 2.82. The van der Waals surface area contributed by atoms with Crippen LogP contribution in [0.2, 0.25) is 0 Å². The van der Waals surface area contributed by atoms with Crippen molar-refractivity contribution >= 4 is 15.7 Å². The molecule has 1 saturated carbocycles. The first-order chi connectivity index (χ1) is 10.8. The Kier molecular flexibility index (Phi) is 5.79. The van der Waals surface area contributed by atoms with Gasteiger partial charge in [-0.05, 0) is 43.4 Å². The lowest BCUT2D eigenvalue weighted by atomic mass is 9.86. The Morgan fingerprint density at radius 1 is 1.35 bits per heavy atom. The Morgan fingerprint density at radius 3 is 2.70 bits per heavy atom. The highest BCUT2D eigenvalue weighted by molar-refractivity contribution is 7.92. The van der Waals surface area contributed by atoms with Gasteiger partial charge in [0.05, 0.1) is 5.75 Å². The van der Waals surface area contributed by atoms with Gasteiger partial charge in [-0.1, -0.05) is 31.9 Å². The fraction of sp³-hybridized carbons (Fsp3) is 0.588. The van der Waals surface area contributed by atoms with Crippen LogP contribution in [0, 0.1) is 11.7 Å². The van der Waals surface area contributed by atoms with Crippen LogP contribution in [-0.4, -0.2) is 25.6 Å². The van der Waals surface area contributed by atoms with Gasteiger partial charge in [-0.3, -0.25) is 4.79 Å². The molecule has 3 atom stereocenters. The second-order valence-corrected chi connectivity index (χ2v) is 8.78. The molecule has 1 amide bonds. The molecule has 0 saturated heterocycles. The van der Waals surface area contributed by atoms with Crippen LogP contribution in [-0.2, 0) is 20.4 Å². The minimum atomic E-state index is -3.68. The van der Waals surface area contributed by atoms with Crippen LogP contribution >= 0.6 is 0 Å². The van der Waals surface area contributed by atoms with Gasteiger partial charge in [0.1, 0.15) is 11.1 Å². The van der Waals surface area contributed by atoms with Crippen molar-refractivity contribution in [1.29, 1.82) is 0 Å². The first kappa shape index (κ1) is 17.9. The third-order valence-corrected chi connectivity index (χ3v) is 6.63. The van der Waals surface area contributed by atoms with E-state index in [4.69, 9.17) is 0 Å². The normalized spacial score (nSPS) is 23.3. The maximum atomic E-state index is 13.2. The average Bonchev–Trinajstić information content (AvgIpc) is 2.48. The highest BCUT2D eigenvalue weighted by Crippen LogP contribution is 2.24. The quantitative estimate of drug-likeness (QED) is 0.896. The van der Waals surface area contributed by atoms with Crippen molar-refractivity contribution in [2.75, 3.05) is 0 Å². The van der Waals surface area contributed by atoms with Crippen LogP contribution < -0.4 is 5.32 Å². The summed E-state index contributed by atoms with van der Waals surface area (Å²) in [5.41, 5.74) is 0.357. The topological polar surface area (TPSA) is 63.2 Å². The van der Waals surface area contributed by atoms with Crippen LogP contribution in [0.15, 0.2) is 24.3 Å². The molecule has 4 nitrogen and oxygen atoms in total. The van der Waals surface area contributed by atoms with Gasteiger partial charge in [-0.15, -0.1) is 0 Å². The number of carbonyl (C=O) groups is 1. The third-order valence-electron chi connectivity index (χ3n) is 4.60. The summed E-state index contributed by atoms with van der Waals surface area (Å²) in [6.45, 7) is 3.48. The summed E-state index contributed by atoms with van der Waals surface area (Å²) >= 11 is 0. The molecule has 6 heteroatoms. The number of sulfone groups is 1. The number of hydrogen-bond acceptors (Lipinski definition) is 3. The Hall–Kier alpha value is -1.43. The first-order valence-electron chi connectivity index (χ1n) is 8.06. The SMILES string of the molecule is CC1CCCCC1NC(=O)C(C)S(=O)(=O)Cc1cccc(F)c1. The Morgan fingerprint density at radius 2 is 2.04 bits per heavy atom. The van der Waals surface area contributed by atoms with E-state index >= 15 is 0 Å². The lowest BCUT2D eigenvalue weighted by Crippen LogP contribution is -2.47. The Bertz CT molecular complexity index is 660. The van der Waals surface area contributed by atoms with Gasteiger partial charge >= 0.3 is 0 Å². The minimum absolute atomic E-state index is 0.0445. The van der Waals surface area contributed by atoms with Crippen molar-refractivity contribution in [3.05, 3.63) is 35.6 Å². The highest BCUT2D eigenvalue weighted by atomic mass is 32.2. The number of halogens is 1. The number of rotatable bonds is 5. The molecule has 1 aliphatic carbocycles. The molecule has 0 bridgehead atoms. The Labute approximate surface area is 137 Å². The van der Waals surface area contributed by atoms with E-state index in [1.165, 1.54) is 25.1 Å². The highest BCUT2D eigenvalue weighted by Gasteiger charge is 2.31. The molecule has 1 aromatic rings. The molecular formula is C17H24FNO3S. The van der Waals surface area contributed by atoms with Crippen LogP contribution in [0.4, 0.5) is 4.39 Å². The number of hydrogen-bond donors (Lipinski definition) is 1. The van der Waals surface area contributed by atoms with Crippen molar-refractivity contribution in [3.63, 3.8) is 0 Å². The van der Waals surface area contributed by atoms with E-state index in [0.717, 1.165) is 25.7 Å². The number of benzene rings is 1. The molecule has 0 spiro atoms. The third kappa shape index (κ3) is 4.77. The second kappa shape index (κ2) is 7.43. The van der Waals surface area contributed by atoms with Crippen LogP contribution in [0.3, 0.4) is 0 Å². The fourth-order valence-electron chi connectivity index (χ4n) is 2.98. The zero-order chi connectivity index (χ0) is 17.0. The van der Waals surface area contributed by atoms with E-state index in [2.05, 4.69) is 12.2 Å². The van der Waals surface area contributed by atoms with Gasteiger partial charge in [0.15, 0.2) is 9.84 Å². The largest absolute Gasteiger partial charge is 0.352 e. The van der Waals surface area contributed by atoms with Gasteiger partial charge < -0.3 is 5.32 Å². The van der Waals surface area contributed by atoms with Crippen LogP contribution in [0.5, 0.6) is 0 Å². The molecule has 2 rings (SSSR count). The summed E-state index contributed by atoms with van der Waals surface area (Å²) in [5, 5.41) is 1.74. The molecule has 0 aromatic heterocycles. The van der Waals surface area contributed by atoms with Crippen molar-refractivity contribution < 1.29 is 17.6 Å². The monoisotopic (exact) mass is 341 g/mol. The molecular weight excluding hydrogens is 317 g/mol. The minimum Gasteiger partial charge on any atom is -0.352 e. The molecule has 3 unspecified atom stereocenters. The molecule has 1 fully saturated rings. The van der Waals surface area contributed by atoms with Crippen LogP contribution in [0.25, 0.3) is 0 Å². The first-order valence-corrected chi connectivity index (χ1v) is 9.77. The summed E-state index contributed by atoms with van der Waals surface area (Å²) in [6, 6.07) is 5.51. The second-order valence-electron chi connectivity index (χ2n) is 6.46. The van der Waals surface area contributed by atoms with Gasteiger partial charge in [0, 0.05) is 6.04 Å². The summed E-state index contributed by atoms with van der Waals surface area (Å²) < 4.78 is 38.0. The van der Waals surface area contributed by atoms with Gasteiger partial charge in [-0.2, -0.15) is 0 Å². The number of carbonyl (C=O) groups excluding carboxylic acids is 1. The van der Waals surface area contributed by atoms with Gasteiger partial charge in [-0.25, -0.2) is 12.8 Å². The molecule has 23 heavy (non-hydrogen) atoms. The number of nitrogens with one attached hydrogen (secondary N) is 1. The Balaban J connectivity index is 2.02. The zero-order valence-electron chi connectivity index (χ0n) is 13.6. The summed E-state index contributed by atoms with van der Waals surface area (Å²) in [5.74, 6) is -0.906. The number of amides is 1. The maximum absolute atomic E-state index is 13.2. The summed E-state index contributed by atoms with van der Waals surface area (Å²) in [6.07, 6.45) is 4.15. The molecule has 0 heterocycles. The standard InChI is InChI=1S/C17H24FNO3S/c1-12-6-3-4-9-16(12)19-17(20)13(2)23(21,22)11-14-7-5-8-15(18)10-14/h5,7-8,10,12-13,16H,3-4,6,9,11H2,1-2H3,(H,19,20). The van der Waals surface area contributed by atoms with E-state index in [-0.39, 0.29) is 11.8 Å². The summed E-state index contributed by atoms with van der Waals surface area (Å²) in [7, 11) is -3.68. The van der Waals surface area contributed by atoms with Crippen molar-refractivity contribution in [1.82, 2.24) is 5.32 Å². The van der Waals surface area contributed by atoms with Gasteiger partial charge in [0.2, 0.25) is 5.91 Å². The molecule has 0 aliphatic heterocycles. The van der Waals surface area contributed by atoms with Crippen molar-refractivity contribution in [2.24, 2.45) is 5.92 Å². The molecule has 1 aromatic carbocycles. The lowest BCUT2D eigenvalue weighted by molar-refractivity contribution is -0.121. The van der Waals surface area contributed by atoms with E-state index < -0.39 is 26.8 Å². The van der Waals surface area contributed by atoms with Crippen LogP contribution in [0.1, 0.15) is 45.1 Å². The summed E-state index contributed by atoms with van der Waals surface area (Å²) in [4.78, 5) is 12.3. The molecule has 1 aliphatic rings.